The lowest BCUT2D eigenvalue weighted by atomic mass is 10.3. The van der Waals surface area contributed by atoms with E-state index >= 15 is 0 Å². The van der Waals surface area contributed by atoms with Gasteiger partial charge in [0.1, 0.15) is 0 Å². The van der Waals surface area contributed by atoms with Gasteiger partial charge in [-0.2, -0.15) is 0 Å². The summed E-state index contributed by atoms with van der Waals surface area (Å²) in [6, 6.07) is 3.81. The fraction of sp³-hybridized carbons (Fsp3) is 0.312. The maximum absolute atomic E-state index is 12.1. The first-order chi connectivity index (χ1) is 12.6. The van der Waals surface area contributed by atoms with Crippen molar-refractivity contribution in [2.24, 2.45) is 0 Å². The van der Waals surface area contributed by atoms with E-state index in [4.69, 9.17) is 11.6 Å². The monoisotopic (exact) mass is 418 g/mol. The molecule has 1 rings (SSSR count). The van der Waals surface area contributed by atoms with E-state index in [0.717, 1.165) is 16.5 Å². The summed E-state index contributed by atoms with van der Waals surface area (Å²) >= 11 is 5.95. The molecule has 0 aliphatic carbocycles. The topological polar surface area (TPSA) is 119 Å². The predicted octanol–water partition coefficient (Wildman–Crippen LogP) is 1.19. The van der Waals surface area contributed by atoms with Crippen molar-refractivity contribution in [1.29, 1.82) is 0 Å². The van der Waals surface area contributed by atoms with Crippen LogP contribution in [-0.4, -0.2) is 57.9 Å². The van der Waals surface area contributed by atoms with Crippen LogP contribution in [0.1, 0.15) is 6.92 Å². The average Bonchev–Trinajstić information content (AvgIpc) is 2.60. The van der Waals surface area contributed by atoms with Crippen molar-refractivity contribution in [2.75, 3.05) is 32.6 Å². The molecule has 148 valence electrons. The molecule has 0 saturated carbocycles. The summed E-state index contributed by atoms with van der Waals surface area (Å²) in [6.07, 6.45) is 1.69. The van der Waals surface area contributed by atoms with Crippen LogP contribution in [0.15, 0.2) is 35.2 Å². The van der Waals surface area contributed by atoms with Crippen LogP contribution in [0.4, 0.5) is 5.69 Å². The highest BCUT2D eigenvalue weighted by molar-refractivity contribution is 7.89. The third kappa shape index (κ3) is 7.00. The molecule has 11 heteroatoms. The van der Waals surface area contributed by atoms with E-state index in [0.29, 0.717) is 0 Å². The number of carbonyl (C=O) groups excluding carboxylic acids is 3. The van der Waals surface area contributed by atoms with E-state index in [2.05, 4.69) is 14.8 Å². The summed E-state index contributed by atoms with van der Waals surface area (Å²) < 4.78 is 34.5. The zero-order valence-electron chi connectivity index (χ0n) is 14.9. The van der Waals surface area contributed by atoms with Gasteiger partial charge in [0.25, 0.3) is 5.91 Å². The number of esters is 2. The minimum absolute atomic E-state index is 0.0442. The van der Waals surface area contributed by atoms with Crippen LogP contribution in [0.3, 0.4) is 0 Å². The van der Waals surface area contributed by atoms with Crippen LogP contribution >= 0.6 is 11.6 Å². The largest absolute Gasteiger partial charge is 0.463 e. The number of sulfonamides is 1. The second kappa shape index (κ2) is 10.0. The number of hydrogen-bond acceptors (Lipinski definition) is 7. The third-order valence-corrected chi connectivity index (χ3v) is 5.12. The van der Waals surface area contributed by atoms with Crippen LogP contribution in [0.2, 0.25) is 5.02 Å². The Morgan fingerprint density at radius 1 is 1.15 bits per heavy atom. The second-order valence-corrected chi connectivity index (χ2v) is 7.73. The van der Waals surface area contributed by atoms with Gasteiger partial charge in [-0.15, -0.1) is 0 Å². The van der Waals surface area contributed by atoms with Gasteiger partial charge in [-0.1, -0.05) is 11.6 Å². The molecular formula is C16H19ClN2O7S. The van der Waals surface area contributed by atoms with Crippen molar-refractivity contribution >= 4 is 45.2 Å². The lowest BCUT2D eigenvalue weighted by Gasteiger charge is -2.13. The van der Waals surface area contributed by atoms with E-state index < -0.39 is 34.5 Å². The quantitative estimate of drug-likeness (QED) is 0.497. The number of ether oxygens (including phenoxy) is 2. The molecule has 1 aromatic rings. The zero-order valence-corrected chi connectivity index (χ0v) is 16.5. The Hall–Kier alpha value is -2.43. The number of amides is 1. The Kier molecular flexibility index (Phi) is 8.41. The van der Waals surface area contributed by atoms with Crippen LogP contribution in [0, 0.1) is 0 Å². The van der Waals surface area contributed by atoms with Crippen molar-refractivity contribution in [2.45, 2.75) is 11.8 Å². The minimum atomic E-state index is -3.71. The van der Waals surface area contributed by atoms with Crippen LogP contribution < -0.4 is 5.32 Å². The maximum atomic E-state index is 12.1. The molecule has 0 radical (unpaired) electrons. The van der Waals surface area contributed by atoms with Crippen molar-refractivity contribution < 1.29 is 32.3 Å². The van der Waals surface area contributed by atoms with Gasteiger partial charge in [-0.05, 0) is 25.1 Å². The summed E-state index contributed by atoms with van der Waals surface area (Å²) in [4.78, 5) is 34.3. The maximum Gasteiger partial charge on any atom is 0.331 e. The van der Waals surface area contributed by atoms with Gasteiger partial charge in [0.2, 0.25) is 10.0 Å². The first-order valence-electron chi connectivity index (χ1n) is 7.61. The second-order valence-electron chi connectivity index (χ2n) is 5.17. The molecule has 27 heavy (non-hydrogen) atoms. The van der Waals surface area contributed by atoms with E-state index in [1.165, 1.54) is 32.3 Å². The van der Waals surface area contributed by atoms with E-state index in [1.54, 1.807) is 6.92 Å². The molecule has 0 aromatic heterocycles. The van der Waals surface area contributed by atoms with Crippen LogP contribution in [0.5, 0.6) is 0 Å². The van der Waals surface area contributed by atoms with Gasteiger partial charge >= 0.3 is 11.9 Å². The molecule has 1 N–H and O–H groups in total. The zero-order chi connectivity index (χ0) is 20.6. The Morgan fingerprint density at radius 3 is 2.30 bits per heavy atom. The van der Waals surface area contributed by atoms with Gasteiger partial charge in [-0.25, -0.2) is 22.3 Å². The summed E-state index contributed by atoms with van der Waals surface area (Å²) in [5.74, 6) is -2.38. The van der Waals surface area contributed by atoms with Gasteiger partial charge < -0.3 is 14.8 Å². The molecule has 1 aromatic carbocycles. The number of rotatable bonds is 8. The summed E-state index contributed by atoms with van der Waals surface area (Å²) in [6.45, 7) is 1.11. The highest BCUT2D eigenvalue weighted by Gasteiger charge is 2.19. The summed E-state index contributed by atoms with van der Waals surface area (Å²) in [5, 5.41) is 2.46. The number of hydrogen-bond donors (Lipinski definition) is 1. The Bertz CT molecular complexity index is 850. The van der Waals surface area contributed by atoms with Gasteiger partial charge in [0.15, 0.2) is 6.61 Å². The molecule has 9 nitrogen and oxygen atoms in total. The number of nitrogens with zero attached hydrogens (tertiary/aromatic N) is 1. The van der Waals surface area contributed by atoms with Crippen LogP contribution in [0.25, 0.3) is 0 Å². The smallest absolute Gasteiger partial charge is 0.331 e. The first kappa shape index (κ1) is 22.6. The molecule has 0 saturated heterocycles. The standard InChI is InChI=1S/C16H19ClN2O7S/c1-4-25-15(21)7-8-16(22)26-10-14(20)18-13-9-11(5-6-12(13)17)27(23,24)19(2)3/h5-9H,4,10H2,1-3H3,(H,18,20)/b8-7+. The molecule has 1 amide bonds. The molecule has 0 spiro atoms. The molecule has 0 aliphatic rings. The van der Waals surface area contributed by atoms with E-state index in [1.807, 2.05) is 0 Å². The third-order valence-electron chi connectivity index (χ3n) is 2.98. The van der Waals surface area contributed by atoms with E-state index in [-0.39, 0.29) is 22.2 Å². The van der Waals surface area contributed by atoms with Crippen LogP contribution in [-0.2, 0) is 33.9 Å². The van der Waals surface area contributed by atoms with Crippen molar-refractivity contribution in [3.8, 4) is 0 Å². The highest BCUT2D eigenvalue weighted by atomic mass is 35.5. The molecular weight excluding hydrogens is 400 g/mol. The Morgan fingerprint density at radius 2 is 1.74 bits per heavy atom. The molecule has 0 bridgehead atoms. The fourth-order valence-electron chi connectivity index (χ4n) is 1.67. The van der Waals surface area contributed by atoms with Crippen molar-refractivity contribution in [3.05, 3.63) is 35.4 Å². The number of halogens is 1. The normalized spacial score (nSPS) is 11.4. The fourth-order valence-corrected chi connectivity index (χ4v) is 2.76. The molecule has 0 heterocycles. The Labute approximate surface area is 161 Å². The summed E-state index contributed by atoms with van der Waals surface area (Å²) in [5.41, 5.74) is 0.0442. The Balaban J connectivity index is 2.72. The summed E-state index contributed by atoms with van der Waals surface area (Å²) in [7, 11) is -0.980. The van der Waals surface area contributed by atoms with Gasteiger partial charge in [0, 0.05) is 26.2 Å². The molecule has 0 unspecified atom stereocenters. The highest BCUT2D eigenvalue weighted by Crippen LogP contribution is 2.26. The van der Waals surface area contributed by atoms with Crippen molar-refractivity contribution in [1.82, 2.24) is 4.31 Å². The number of anilines is 1. The van der Waals surface area contributed by atoms with E-state index in [9.17, 15) is 22.8 Å². The van der Waals surface area contributed by atoms with Gasteiger partial charge in [0.05, 0.1) is 22.2 Å². The average molecular weight is 419 g/mol. The molecule has 0 fully saturated rings. The number of nitrogens with one attached hydrogen (secondary N) is 1. The first-order valence-corrected chi connectivity index (χ1v) is 9.43. The predicted molar refractivity (Wildman–Crippen MR) is 97.7 cm³/mol. The SMILES string of the molecule is CCOC(=O)/C=C/C(=O)OCC(=O)Nc1cc(S(=O)(=O)N(C)C)ccc1Cl. The minimum Gasteiger partial charge on any atom is -0.463 e. The number of carbonyl (C=O) groups is 3. The lowest BCUT2D eigenvalue weighted by molar-refractivity contribution is -0.143. The molecule has 0 atom stereocenters. The molecule has 0 aliphatic heterocycles. The van der Waals surface area contributed by atoms with Crippen molar-refractivity contribution in [3.63, 3.8) is 0 Å². The van der Waals surface area contributed by atoms with Gasteiger partial charge in [-0.3, -0.25) is 4.79 Å². The lowest BCUT2D eigenvalue weighted by Crippen LogP contribution is -2.23. The number of benzene rings is 1.